The number of nitrogens with one attached hydrogen (secondary N) is 2. The molecule has 0 saturated carbocycles. The van der Waals surface area contributed by atoms with Gasteiger partial charge in [-0.3, -0.25) is 14.3 Å². The molecule has 1 aromatic rings. The lowest BCUT2D eigenvalue weighted by atomic mass is 9.96. The normalized spacial score (nSPS) is 22.0. The van der Waals surface area contributed by atoms with Gasteiger partial charge in [0, 0.05) is 25.7 Å². The Kier molecular flexibility index (Phi) is 5.93. The van der Waals surface area contributed by atoms with Crippen LogP contribution in [-0.4, -0.2) is 70.4 Å². The van der Waals surface area contributed by atoms with Crippen LogP contribution in [0.25, 0.3) is 0 Å². The van der Waals surface area contributed by atoms with E-state index >= 15 is 0 Å². The summed E-state index contributed by atoms with van der Waals surface area (Å²) in [5, 5.41) is 19.5. The van der Waals surface area contributed by atoms with Crippen molar-refractivity contribution < 1.29 is 14.7 Å². The summed E-state index contributed by atoms with van der Waals surface area (Å²) in [6.07, 6.45) is 1.47. The number of aromatic nitrogens is 2. The second-order valence-electron chi connectivity index (χ2n) is 7.81. The first kappa shape index (κ1) is 18.8. The molecule has 1 unspecified atom stereocenters. The fourth-order valence-corrected chi connectivity index (χ4v) is 3.63. The predicted octanol–water partition coefficient (Wildman–Crippen LogP) is 0.0852. The van der Waals surface area contributed by atoms with Gasteiger partial charge in [-0.1, -0.05) is 13.8 Å². The fraction of sp³-hybridized carbons (Fsp3) is 0.722. The Morgan fingerprint density at radius 3 is 2.85 bits per heavy atom. The predicted molar refractivity (Wildman–Crippen MR) is 96.9 cm³/mol. The van der Waals surface area contributed by atoms with Gasteiger partial charge >= 0.3 is 0 Å². The molecule has 0 spiro atoms. The molecule has 8 heteroatoms. The summed E-state index contributed by atoms with van der Waals surface area (Å²) in [5.41, 5.74) is 0.537. The Morgan fingerprint density at radius 2 is 2.15 bits per heavy atom. The lowest BCUT2D eigenvalue weighted by Crippen LogP contribution is -2.40. The average Bonchev–Trinajstić information content (AvgIpc) is 2.97. The highest BCUT2D eigenvalue weighted by molar-refractivity contribution is 5.98. The molecule has 1 aromatic heterocycles. The first-order chi connectivity index (χ1) is 12.4. The van der Waals surface area contributed by atoms with Crippen molar-refractivity contribution in [3.05, 3.63) is 17.5 Å². The highest BCUT2D eigenvalue weighted by atomic mass is 16.3. The maximum Gasteiger partial charge on any atom is 0.271 e. The summed E-state index contributed by atoms with van der Waals surface area (Å²) >= 11 is 0. The van der Waals surface area contributed by atoms with Crippen molar-refractivity contribution in [2.45, 2.75) is 39.3 Å². The minimum absolute atomic E-state index is 0.194. The van der Waals surface area contributed by atoms with Gasteiger partial charge in [0.1, 0.15) is 5.69 Å². The van der Waals surface area contributed by atoms with Gasteiger partial charge in [0.2, 0.25) is 0 Å². The molecular formula is C18H29N5O3. The number of carbonyl (C=O) groups excluding carboxylic acids is 2. The number of amides is 2. The summed E-state index contributed by atoms with van der Waals surface area (Å²) in [4.78, 5) is 26.9. The third-order valence-electron chi connectivity index (χ3n) is 5.01. The molecule has 1 atom stereocenters. The highest BCUT2D eigenvalue weighted by Gasteiger charge is 2.25. The maximum absolute atomic E-state index is 12.4. The second kappa shape index (κ2) is 8.18. The number of β-amino-alcohol motifs (C(OH)–C–C–N with tert-alkyl or cyclic N) is 1. The smallest absolute Gasteiger partial charge is 0.271 e. The summed E-state index contributed by atoms with van der Waals surface area (Å²) in [6, 6.07) is 1.49. The van der Waals surface area contributed by atoms with Gasteiger partial charge in [0.25, 0.3) is 11.8 Å². The summed E-state index contributed by atoms with van der Waals surface area (Å²) in [7, 11) is 0. The van der Waals surface area contributed by atoms with E-state index in [0.29, 0.717) is 24.1 Å². The van der Waals surface area contributed by atoms with Crippen molar-refractivity contribution in [3.63, 3.8) is 0 Å². The first-order valence-corrected chi connectivity index (χ1v) is 9.47. The number of hydrogen-bond donors (Lipinski definition) is 3. The number of rotatable bonds is 5. The molecule has 3 heterocycles. The van der Waals surface area contributed by atoms with E-state index in [1.54, 1.807) is 0 Å². The van der Waals surface area contributed by atoms with Crippen molar-refractivity contribution in [1.29, 1.82) is 0 Å². The SMILES string of the molecule is CC(C)CN1CCC(CNC(=O)c2cc3n(n2)CC(O)CNC3=O)CC1. The lowest BCUT2D eigenvalue weighted by molar-refractivity contribution is 0.0927. The minimum Gasteiger partial charge on any atom is -0.389 e. The first-order valence-electron chi connectivity index (χ1n) is 9.47. The summed E-state index contributed by atoms with van der Waals surface area (Å²) in [6.45, 7) is 8.79. The average molecular weight is 363 g/mol. The molecule has 2 aliphatic heterocycles. The van der Waals surface area contributed by atoms with Gasteiger partial charge in [-0.15, -0.1) is 0 Å². The van der Waals surface area contributed by atoms with Gasteiger partial charge in [0.15, 0.2) is 5.69 Å². The van der Waals surface area contributed by atoms with Gasteiger partial charge in [-0.25, -0.2) is 0 Å². The monoisotopic (exact) mass is 363 g/mol. The Balaban J connectivity index is 1.51. The van der Waals surface area contributed by atoms with E-state index in [1.807, 2.05) is 0 Å². The van der Waals surface area contributed by atoms with E-state index in [4.69, 9.17) is 0 Å². The van der Waals surface area contributed by atoms with Crippen molar-refractivity contribution in [2.24, 2.45) is 11.8 Å². The van der Waals surface area contributed by atoms with E-state index in [1.165, 1.54) is 10.7 Å². The number of hydrogen-bond acceptors (Lipinski definition) is 5. The van der Waals surface area contributed by atoms with E-state index in [-0.39, 0.29) is 30.6 Å². The van der Waals surface area contributed by atoms with Crippen LogP contribution in [0.1, 0.15) is 47.7 Å². The quantitative estimate of drug-likeness (QED) is 0.688. The van der Waals surface area contributed by atoms with E-state index in [0.717, 1.165) is 32.5 Å². The molecule has 2 amide bonds. The molecule has 0 radical (unpaired) electrons. The molecule has 1 fully saturated rings. The van der Waals surface area contributed by atoms with Crippen LogP contribution in [-0.2, 0) is 6.54 Å². The molecule has 144 valence electrons. The summed E-state index contributed by atoms with van der Waals surface area (Å²) < 4.78 is 1.41. The van der Waals surface area contributed by atoms with Gasteiger partial charge in [0.05, 0.1) is 12.6 Å². The molecule has 2 aliphatic rings. The van der Waals surface area contributed by atoms with Gasteiger partial charge in [-0.2, -0.15) is 5.10 Å². The third kappa shape index (κ3) is 4.62. The molecular weight excluding hydrogens is 334 g/mol. The number of aliphatic hydroxyl groups excluding tert-OH is 1. The van der Waals surface area contributed by atoms with Crippen LogP contribution < -0.4 is 10.6 Å². The van der Waals surface area contributed by atoms with Crippen LogP contribution >= 0.6 is 0 Å². The largest absolute Gasteiger partial charge is 0.389 e. The number of likely N-dealkylation sites (tertiary alicyclic amines) is 1. The zero-order valence-corrected chi connectivity index (χ0v) is 15.6. The molecule has 0 aromatic carbocycles. The molecule has 0 bridgehead atoms. The number of aliphatic hydroxyl groups is 1. The lowest BCUT2D eigenvalue weighted by Gasteiger charge is -2.32. The third-order valence-corrected chi connectivity index (χ3v) is 5.01. The van der Waals surface area contributed by atoms with Gasteiger partial charge in [-0.05, 0) is 37.8 Å². The molecule has 3 N–H and O–H groups in total. The molecule has 0 aliphatic carbocycles. The van der Waals surface area contributed by atoms with E-state index in [2.05, 4.69) is 34.5 Å². The Hall–Kier alpha value is -1.93. The number of nitrogens with zero attached hydrogens (tertiary/aromatic N) is 3. The molecule has 1 saturated heterocycles. The van der Waals surface area contributed by atoms with Gasteiger partial charge < -0.3 is 20.6 Å². The van der Waals surface area contributed by atoms with Crippen LogP contribution in [0.15, 0.2) is 6.07 Å². The highest BCUT2D eigenvalue weighted by Crippen LogP contribution is 2.17. The standard InChI is InChI=1S/C18H29N5O3/c1-12(2)10-22-5-3-13(4-6-22)8-19-17(25)15-7-16-18(26)20-9-14(24)11-23(16)21-15/h7,12-14,24H,3-6,8-11H2,1-2H3,(H,19,25)(H,20,26). The van der Waals surface area contributed by atoms with Crippen molar-refractivity contribution in [2.75, 3.05) is 32.7 Å². The molecule has 3 rings (SSSR count). The molecule has 26 heavy (non-hydrogen) atoms. The van der Waals surface area contributed by atoms with Crippen LogP contribution in [0, 0.1) is 11.8 Å². The van der Waals surface area contributed by atoms with Crippen LogP contribution in [0.3, 0.4) is 0 Å². The van der Waals surface area contributed by atoms with E-state index < -0.39 is 6.10 Å². The zero-order chi connectivity index (χ0) is 18.7. The Morgan fingerprint density at radius 1 is 1.42 bits per heavy atom. The van der Waals surface area contributed by atoms with Crippen LogP contribution in [0.2, 0.25) is 0 Å². The zero-order valence-electron chi connectivity index (χ0n) is 15.6. The van der Waals surface area contributed by atoms with Crippen LogP contribution in [0.5, 0.6) is 0 Å². The van der Waals surface area contributed by atoms with Crippen molar-refractivity contribution >= 4 is 11.8 Å². The Labute approximate surface area is 153 Å². The molecule has 8 nitrogen and oxygen atoms in total. The summed E-state index contributed by atoms with van der Waals surface area (Å²) in [5.74, 6) is 0.578. The minimum atomic E-state index is -0.702. The number of fused-ring (bicyclic) bond motifs is 1. The van der Waals surface area contributed by atoms with Crippen LogP contribution in [0.4, 0.5) is 0 Å². The van der Waals surface area contributed by atoms with Crippen molar-refractivity contribution in [3.8, 4) is 0 Å². The fourth-order valence-electron chi connectivity index (χ4n) is 3.63. The second-order valence-corrected chi connectivity index (χ2v) is 7.81. The van der Waals surface area contributed by atoms with Crippen molar-refractivity contribution in [1.82, 2.24) is 25.3 Å². The maximum atomic E-state index is 12.4. The van der Waals surface area contributed by atoms with E-state index in [9.17, 15) is 14.7 Å². The number of carbonyl (C=O) groups is 2. The topological polar surface area (TPSA) is 99.5 Å². The number of piperidine rings is 1. The Bertz CT molecular complexity index is 649.